The van der Waals surface area contributed by atoms with Crippen molar-refractivity contribution in [3.8, 4) is 0 Å². The Morgan fingerprint density at radius 3 is 2.61 bits per heavy atom. The predicted octanol–water partition coefficient (Wildman–Crippen LogP) is 4.20. The van der Waals surface area contributed by atoms with Crippen LogP contribution in [0.1, 0.15) is 35.2 Å². The molecule has 118 valence electrons. The molecule has 2 aromatic heterocycles. The maximum atomic E-state index is 12.4. The Bertz CT molecular complexity index is 813. The van der Waals surface area contributed by atoms with Gasteiger partial charge < -0.3 is 13.7 Å². The van der Waals surface area contributed by atoms with E-state index in [1.165, 1.54) is 0 Å². The fourth-order valence-corrected chi connectivity index (χ4v) is 3.29. The van der Waals surface area contributed by atoms with Crippen LogP contribution in [-0.2, 0) is 0 Å². The van der Waals surface area contributed by atoms with E-state index in [9.17, 15) is 4.79 Å². The molecule has 4 rings (SSSR count). The Kier molecular flexibility index (Phi) is 3.69. The number of likely N-dealkylation sites (tertiary alicyclic amines) is 1. The Balaban J connectivity index is 1.45. The molecule has 1 aromatic carbocycles. The number of fused-ring (bicyclic) bond motifs is 1. The summed E-state index contributed by atoms with van der Waals surface area (Å²) in [5.41, 5.74) is 1.71. The number of furan rings is 1. The summed E-state index contributed by atoms with van der Waals surface area (Å²) in [6.45, 7) is 1.36. The SMILES string of the molecule is O=C(c1ccc(Br)o1)N1CCC(c2nc3ccccc3o2)CC1. The molecule has 0 spiro atoms. The van der Waals surface area contributed by atoms with Crippen molar-refractivity contribution in [3.63, 3.8) is 0 Å². The minimum atomic E-state index is -0.0632. The maximum absolute atomic E-state index is 12.4. The monoisotopic (exact) mass is 374 g/mol. The quantitative estimate of drug-likeness (QED) is 0.674. The minimum absolute atomic E-state index is 0.0632. The average Bonchev–Trinajstić information content (AvgIpc) is 3.20. The van der Waals surface area contributed by atoms with E-state index in [0.717, 1.165) is 29.8 Å². The molecule has 1 fully saturated rings. The Morgan fingerprint density at radius 2 is 1.91 bits per heavy atom. The lowest BCUT2D eigenvalue weighted by Crippen LogP contribution is -2.37. The highest BCUT2D eigenvalue weighted by molar-refractivity contribution is 9.10. The molecule has 0 unspecified atom stereocenters. The second kappa shape index (κ2) is 5.85. The number of hydrogen-bond acceptors (Lipinski definition) is 4. The van der Waals surface area contributed by atoms with Gasteiger partial charge in [0.25, 0.3) is 5.91 Å². The minimum Gasteiger partial charge on any atom is -0.444 e. The van der Waals surface area contributed by atoms with Crippen LogP contribution in [0.25, 0.3) is 11.1 Å². The van der Waals surface area contributed by atoms with E-state index in [1.807, 2.05) is 29.2 Å². The van der Waals surface area contributed by atoms with Crippen molar-refractivity contribution in [2.45, 2.75) is 18.8 Å². The molecule has 1 saturated heterocycles. The van der Waals surface area contributed by atoms with Gasteiger partial charge in [-0.05, 0) is 53.0 Å². The zero-order valence-electron chi connectivity index (χ0n) is 12.4. The van der Waals surface area contributed by atoms with Crippen molar-refractivity contribution in [3.05, 3.63) is 52.7 Å². The molecule has 23 heavy (non-hydrogen) atoms. The molecule has 0 aliphatic carbocycles. The number of para-hydroxylation sites is 2. The molecule has 0 N–H and O–H groups in total. The van der Waals surface area contributed by atoms with Crippen molar-refractivity contribution >= 4 is 32.9 Å². The van der Waals surface area contributed by atoms with Gasteiger partial charge in [-0.15, -0.1) is 0 Å². The number of aromatic nitrogens is 1. The van der Waals surface area contributed by atoms with E-state index >= 15 is 0 Å². The molecule has 0 saturated carbocycles. The number of rotatable bonds is 2. The van der Waals surface area contributed by atoms with Gasteiger partial charge in [0.2, 0.25) is 0 Å². The van der Waals surface area contributed by atoms with E-state index in [2.05, 4.69) is 20.9 Å². The van der Waals surface area contributed by atoms with Gasteiger partial charge in [-0.3, -0.25) is 4.79 Å². The number of nitrogens with zero attached hydrogens (tertiary/aromatic N) is 2. The van der Waals surface area contributed by atoms with Gasteiger partial charge in [0, 0.05) is 19.0 Å². The number of carbonyl (C=O) groups excluding carboxylic acids is 1. The fraction of sp³-hybridized carbons (Fsp3) is 0.294. The summed E-state index contributed by atoms with van der Waals surface area (Å²) >= 11 is 3.22. The summed E-state index contributed by atoms with van der Waals surface area (Å²) in [5.74, 6) is 1.35. The van der Waals surface area contributed by atoms with Crippen LogP contribution < -0.4 is 0 Å². The molecule has 0 atom stereocenters. The average molecular weight is 375 g/mol. The molecular formula is C17H15BrN2O3. The second-order valence-electron chi connectivity index (χ2n) is 5.69. The standard InChI is InChI=1S/C17H15BrN2O3/c18-15-6-5-14(22-15)17(21)20-9-7-11(8-10-20)16-19-12-3-1-2-4-13(12)23-16/h1-6,11H,7-10H2. The highest BCUT2D eigenvalue weighted by atomic mass is 79.9. The van der Waals surface area contributed by atoms with Gasteiger partial charge in [-0.25, -0.2) is 4.98 Å². The van der Waals surface area contributed by atoms with Gasteiger partial charge in [-0.1, -0.05) is 12.1 Å². The number of amides is 1. The first-order chi connectivity index (χ1) is 11.2. The highest BCUT2D eigenvalue weighted by Gasteiger charge is 2.28. The smallest absolute Gasteiger partial charge is 0.289 e. The van der Waals surface area contributed by atoms with Gasteiger partial charge in [0.05, 0.1) is 0 Å². The third-order valence-corrected chi connectivity index (χ3v) is 4.65. The zero-order valence-corrected chi connectivity index (χ0v) is 14.0. The molecule has 3 heterocycles. The van der Waals surface area contributed by atoms with Gasteiger partial charge in [0.15, 0.2) is 21.9 Å². The summed E-state index contributed by atoms with van der Waals surface area (Å²) in [6.07, 6.45) is 1.70. The van der Waals surface area contributed by atoms with E-state index in [1.54, 1.807) is 12.1 Å². The maximum Gasteiger partial charge on any atom is 0.289 e. The first-order valence-corrected chi connectivity index (χ1v) is 8.40. The van der Waals surface area contributed by atoms with Crippen LogP contribution in [0.5, 0.6) is 0 Å². The first kappa shape index (κ1) is 14.5. The third kappa shape index (κ3) is 2.79. The number of piperidine rings is 1. The van der Waals surface area contributed by atoms with Gasteiger partial charge in [0.1, 0.15) is 5.52 Å². The normalized spacial score (nSPS) is 16.1. The lowest BCUT2D eigenvalue weighted by atomic mass is 9.96. The van der Waals surface area contributed by atoms with Crippen LogP contribution in [0.15, 0.2) is 49.9 Å². The number of oxazole rings is 1. The number of halogens is 1. The van der Waals surface area contributed by atoms with Crippen molar-refractivity contribution < 1.29 is 13.6 Å². The number of carbonyl (C=O) groups is 1. The molecule has 3 aromatic rings. The summed E-state index contributed by atoms with van der Waals surface area (Å²) in [6, 6.07) is 11.2. The Morgan fingerprint density at radius 1 is 1.13 bits per heavy atom. The molecular weight excluding hydrogens is 360 g/mol. The third-order valence-electron chi connectivity index (χ3n) is 4.23. The number of benzene rings is 1. The van der Waals surface area contributed by atoms with Crippen molar-refractivity contribution in [1.82, 2.24) is 9.88 Å². The zero-order chi connectivity index (χ0) is 15.8. The van der Waals surface area contributed by atoms with Crippen LogP contribution in [-0.4, -0.2) is 28.9 Å². The van der Waals surface area contributed by atoms with Crippen molar-refractivity contribution in [2.75, 3.05) is 13.1 Å². The van der Waals surface area contributed by atoms with E-state index in [-0.39, 0.29) is 11.8 Å². The summed E-state index contributed by atoms with van der Waals surface area (Å²) in [4.78, 5) is 18.8. The van der Waals surface area contributed by atoms with Crippen LogP contribution in [0.2, 0.25) is 0 Å². The highest BCUT2D eigenvalue weighted by Crippen LogP contribution is 2.30. The van der Waals surface area contributed by atoms with Crippen molar-refractivity contribution in [1.29, 1.82) is 0 Å². The largest absolute Gasteiger partial charge is 0.444 e. The van der Waals surface area contributed by atoms with E-state index in [0.29, 0.717) is 23.5 Å². The van der Waals surface area contributed by atoms with Crippen LogP contribution in [0.4, 0.5) is 0 Å². The summed E-state index contributed by atoms with van der Waals surface area (Å²) in [7, 11) is 0. The predicted molar refractivity (Wildman–Crippen MR) is 88.3 cm³/mol. The Hall–Kier alpha value is -2.08. The molecule has 5 nitrogen and oxygen atoms in total. The van der Waals surface area contributed by atoms with Crippen molar-refractivity contribution in [2.24, 2.45) is 0 Å². The van der Waals surface area contributed by atoms with Crippen LogP contribution >= 0.6 is 15.9 Å². The Labute approximate surface area is 141 Å². The molecule has 0 radical (unpaired) electrons. The van der Waals surface area contributed by atoms with E-state index < -0.39 is 0 Å². The topological polar surface area (TPSA) is 59.5 Å². The molecule has 1 aliphatic heterocycles. The lowest BCUT2D eigenvalue weighted by molar-refractivity contribution is 0.0673. The fourth-order valence-electron chi connectivity index (χ4n) is 2.98. The lowest BCUT2D eigenvalue weighted by Gasteiger charge is -2.29. The molecule has 1 aliphatic rings. The van der Waals surface area contributed by atoms with Gasteiger partial charge >= 0.3 is 0 Å². The van der Waals surface area contributed by atoms with Gasteiger partial charge in [-0.2, -0.15) is 0 Å². The first-order valence-electron chi connectivity index (χ1n) is 7.61. The van der Waals surface area contributed by atoms with Crippen LogP contribution in [0, 0.1) is 0 Å². The summed E-state index contributed by atoms with van der Waals surface area (Å²) in [5, 5.41) is 0. The second-order valence-corrected chi connectivity index (χ2v) is 6.47. The number of hydrogen-bond donors (Lipinski definition) is 0. The van der Waals surface area contributed by atoms with E-state index in [4.69, 9.17) is 8.83 Å². The molecule has 6 heteroatoms. The summed E-state index contributed by atoms with van der Waals surface area (Å²) < 4.78 is 11.8. The molecule has 0 bridgehead atoms. The molecule has 1 amide bonds. The van der Waals surface area contributed by atoms with Crippen LogP contribution in [0.3, 0.4) is 0 Å².